The average Bonchev–Trinajstić information content (AvgIpc) is 2.61. The van der Waals surface area contributed by atoms with E-state index in [1.54, 1.807) is 0 Å². The molecular formula is C21H44O4. The second kappa shape index (κ2) is 18.6. The topological polar surface area (TPSA) is 36.9 Å². The minimum atomic E-state index is 0.0817. The molecule has 0 aliphatic rings. The monoisotopic (exact) mass is 360 g/mol. The van der Waals surface area contributed by atoms with Crippen LogP contribution in [-0.2, 0) is 18.9 Å². The van der Waals surface area contributed by atoms with E-state index in [2.05, 4.69) is 13.8 Å². The van der Waals surface area contributed by atoms with E-state index in [1.165, 1.54) is 44.9 Å². The van der Waals surface area contributed by atoms with Crippen molar-refractivity contribution in [1.29, 1.82) is 0 Å². The van der Waals surface area contributed by atoms with Crippen LogP contribution < -0.4 is 0 Å². The van der Waals surface area contributed by atoms with Gasteiger partial charge >= 0.3 is 0 Å². The maximum atomic E-state index is 5.83. The van der Waals surface area contributed by atoms with Crippen LogP contribution >= 0.6 is 0 Å². The maximum Gasteiger partial charge on any atom is 0.0781 e. The second-order valence-corrected chi connectivity index (χ2v) is 7.10. The van der Waals surface area contributed by atoms with E-state index in [0.29, 0.717) is 19.8 Å². The molecule has 0 rings (SSSR count). The highest BCUT2D eigenvalue weighted by atomic mass is 16.6. The van der Waals surface area contributed by atoms with Gasteiger partial charge < -0.3 is 18.9 Å². The number of hydrogen-bond donors (Lipinski definition) is 0. The lowest BCUT2D eigenvalue weighted by Gasteiger charge is -2.20. The van der Waals surface area contributed by atoms with Crippen LogP contribution in [0.2, 0.25) is 0 Å². The highest BCUT2D eigenvalue weighted by Gasteiger charge is 2.09. The predicted molar refractivity (Wildman–Crippen MR) is 105 cm³/mol. The van der Waals surface area contributed by atoms with E-state index in [0.717, 1.165) is 19.6 Å². The normalized spacial score (nSPS) is 15.2. The molecule has 4 nitrogen and oxygen atoms in total. The lowest BCUT2D eigenvalue weighted by Crippen LogP contribution is -2.26. The van der Waals surface area contributed by atoms with E-state index in [4.69, 9.17) is 18.9 Å². The van der Waals surface area contributed by atoms with Crippen molar-refractivity contribution in [3.8, 4) is 0 Å². The molecule has 0 spiro atoms. The van der Waals surface area contributed by atoms with Crippen molar-refractivity contribution in [2.75, 3.05) is 33.0 Å². The van der Waals surface area contributed by atoms with E-state index < -0.39 is 0 Å². The smallest absolute Gasteiger partial charge is 0.0781 e. The molecule has 0 saturated heterocycles. The summed E-state index contributed by atoms with van der Waals surface area (Å²) in [6.45, 7) is 13.8. The molecule has 0 aromatic rings. The summed E-state index contributed by atoms with van der Waals surface area (Å²) in [6, 6.07) is 0. The molecule has 25 heavy (non-hydrogen) atoms. The zero-order valence-corrected chi connectivity index (χ0v) is 17.6. The molecule has 3 atom stereocenters. The Hall–Kier alpha value is -0.160. The van der Waals surface area contributed by atoms with E-state index in [9.17, 15) is 0 Å². The Labute approximate surface area is 156 Å². The van der Waals surface area contributed by atoms with Crippen LogP contribution in [-0.4, -0.2) is 51.3 Å². The number of rotatable bonds is 19. The molecule has 0 aliphatic carbocycles. The molecule has 0 aromatic heterocycles. The van der Waals surface area contributed by atoms with Crippen LogP contribution in [0.5, 0.6) is 0 Å². The first-order chi connectivity index (χ1) is 12.1. The fourth-order valence-corrected chi connectivity index (χ4v) is 2.55. The zero-order valence-electron chi connectivity index (χ0n) is 17.6. The van der Waals surface area contributed by atoms with Gasteiger partial charge in [0.05, 0.1) is 38.1 Å². The van der Waals surface area contributed by atoms with Crippen molar-refractivity contribution in [3.05, 3.63) is 0 Å². The first-order valence-corrected chi connectivity index (χ1v) is 10.5. The Morgan fingerprint density at radius 2 is 1.04 bits per heavy atom. The molecule has 0 saturated carbocycles. The number of unbranched alkanes of at least 4 members (excludes halogenated alkanes) is 7. The summed E-state index contributed by atoms with van der Waals surface area (Å²) in [5.74, 6) is 0. The molecule has 0 fully saturated rings. The minimum Gasteiger partial charge on any atom is -0.379 e. The van der Waals surface area contributed by atoms with Crippen LogP contribution in [0.3, 0.4) is 0 Å². The summed E-state index contributed by atoms with van der Waals surface area (Å²) in [5.41, 5.74) is 0. The van der Waals surface area contributed by atoms with Gasteiger partial charge in [-0.2, -0.15) is 0 Å². The standard InChI is InChI=1S/C21H44O4/c1-6-8-9-10-11-12-13-14-15-23-20(4)17-25-21(5)18-24-19(3)16-22-7-2/h19-21H,6-18H2,1-5H3. The summed E-state index contributed by atoms with van der Waals surface area (Å²) in [7, 11) is 0. The van der Waals surface area contributed by atoms with Crippen molar-refractivity contribution in [2.45, 2.75) is 104 Å². The van der Waals surface area contributed by atoms with Gasteiger partial charge in [-0.05, 0) is 34.1 Å². The minimum absolute atomic E-state index is 0.0817. The van der Waals surface area contributed by atoms with Gasteiger partial charge in [0.15, 0.2) is 0 Å². The van der Waals surface area contributed by atoms with Crippen LogP contribution in [0.25, 0.3) is 0 Å². The van der Waals surface area contributed by atoms with Gasteiger partial charge in [0.1, 0.15) is 0 Å². The molecular weight excluding hydrogens is 316 g/mol. The highest BCUT2D eigenvalue weighted by Crippen LogP contribution is 2.09. The molecule has 0 aliphatic heterocycles. The van der Waals surface area contributed by atoms with Crippen LogP contribution in [0, 0.1) is 0 Å². The van der Waals surface area contributed by atoms with Crippen molar-refractivity contribution in [2.24, 2.45) is 0 Å². The third-order valence-electron chi connectivity index (χ3n) is 4.19. The molecule has 0 N–H and O–H groups in total. The van der Waals surface area contributed by atoms with Crippen molar-refractivity contribution < 1.29 is 18.9 Å². The second-order valence-electron chi connectivity index (χ2n) is 7.10. The van der Waals surface area contributed by atoms with Crippen LogP contribution in [0.1, 0.15) is 86.0 Å². The Morgan fingerprint density at radius 3 is 1.60 bits per heavy atom. The Bertz CT molecular complexity index is 260. The number of hydrogen-bond acceptors (Lipinski definition) is 4. The zero-order chi connectivity index (χ0) is 18.8. The molecule has 0 radical (unpaired) electrons. The van der Waals surface area contributed by atoms with Gasteiger partial charge in [-0.3, -0.25) is 0 Å². The van der Waals surface area contributed by atoms with Gasteiger partial charge in [-0.25, -0.2) is 0 Å². The summed E-state index contributed by atoms with van der Waals surface area (Å²) < 4.78 is 22.7. The lowest BCUT2D eigenvalue weighted by atomic mass is 10.1. The lowest BCUT2D eigenvalue weighted by molar-refractivity contribution is -0.0794. The Morgan fingerprint density at radius 1 is 0.560 bits per heavy atom. The summed E-state index contributed by atoms with van der Waals surface area (Å²) in [6.07, 6.45) is 11.0. The SMILES string of the molecule is CCCCCCCCCCOC(C)COC(C)COC(C)COCC. The maximum absolute atomic E-state index is 5.83. The van der Waals surface area contributed by atoms with Crippen molar-refractivity contribution in [1.82, 2.24) is 0 Å². The van der Waals surface area contributed by atoms with E-state index >= 15 is 0 Å². The molecule has 4 heteroatoms. The molecule has 152 valence electrons. The molecule has 0 aromatic carbocycles. The van der Waals surface area contributed by atoms with Gasteiger partial charge in [-0.1, -0.05) is 51.9 Å². The van der Waals surface area contributed by atoms with Crippen molar-refractivity contribution in [3.63, 3.8) is 0 Å². The van der Waals surface area contributed by atoms with Gasteiger partial charge in [0, 0.05) is 13.2 Å². The average molecular weight is 361 g/mol. The summed E-state index contributed by atoms with van der Waals surface area (Å²) in [4.78, 5) is 0. The fourth-order valence-electron chi connectivity index (χ4n) is 2.55. The molecule has 0 heterocycles. The van der Waals surface area contributed by atoms with Crippen LogP contribution in [0.15, 0.2) is 0 Å². The predicted octanol–water partition coefficient (Wildman–Crippen LogP) is 5.38. The van der Waals surface area contributed by atoms with Crippen LogP contribution in [0.4, 0.5) is 0 Å². The Kier molecular flexibility index (Phi) is 18.5. The first kappa shape index (κ1) is 24.8. The number of ether oxygens (including phenoxy) is 4. The molecule has 3 unspecified atom stereocenters. The fraction of sp³-hybridized carbons (Fsp3) is 1.00. The first-order valence-electron chi connectivity index (χ1n) is 10.5. The largest absolute Gasteiger partial charge is 0.379 e. The Balaban J connectivity index is 3.40. The third kappa shape index (κ3) is 18.4. The quantitative estimate of drug-likeness (QED) is 0.290. The molecule has 0 bridgehead atoms. The van der Waals surface area contributed by atoms with Gasteiger partial charge in [0.25, 0.3) is 0 Å². The summed E-state index contributed by atoms with van der Waals surface area (Å²) in [5, 5.41) is 0. The summed E-state index contributed by atoms with van der Waals surface area (Å²) >= 11 is 0. The van der Waals surface area contributed by atoms with E-state index in [-0.39, 0.29) is 18.3 Å². The third-order valence-corrected chi connectivity index (χ3v) is 4.19. The van der Waals surface area contributed by atoms with Crippen molar-refractivity contribution >= 4 is 0 Å². The molecule has 0 amide bonds. The van der Waals surface area contributed by atoms with Gasteiger partial charge in [-0.15, -0.1) is 0 Å². The van der Waals surface area contributed by atoms with Gasteiger partial charge in [0.2, 0.25) is 0 Å². The van der Waals surface area contributed by atoms with E-state index in [1.807, 2.05) is 20.8 Å². The highest BCUT2D eigenvalue weighted by molar-refractivity contribution is 4.55.